The third kappa shape index (κ3) is 9.76. The Bertz CT molecular complexity index is 2680. The number of hydrogen-bond donors (Lipinski definition) is 3. The number of nitriles is 1. The van der Waals surface area contributed by atoms with E-state index in [-0.39, 0.29) is 53.4 Å². The molecule has 0 bridgehead atoms. The van der Waals surface area contributed by atoms with Crippen molar-refractivity contribution in [1.29, 1.82) is 5.26 Å². The van der Waals surface area contributed by atoms with E-state index in [1.54, 1.807) is 22.8 Å². The van der Waals surface area contributed by atoms with E-state index in [2.05, 4.69) is 56.1 Å². The molecule has 4 aliphatic rings. The largest absolute Gasteiger partial charge is 0.374 e. The zero-order chi connectivity index (χ0) is 46.8. The Morgan fingerprint density at radius 2 is 1.69 bits per heavy atom. The van der Waals surface area contributed by atoms with E-state index in [1.807, 2.05) is 54.2 Å². The number of aromatic nitrogens is 5. The van der Waals surface area contributed by atoms with Crippen molar-refractivity contribution in [2.75, 3.05) is 56.0 Å². The third-order valence-corrected chi connectivity index (χ3v) is 14.5. The normalized spacial score (nSPS) is 19.7. The van der Waals surface area contributed by atoms with Crippen molar-refractivity contribution < 1.29 is 23.6 Å². The van der Waals surface area contributed by atoms with Crippen molar-refractivity contribution >= 4 is 40.7 Å². The highest BCUT2D eigenvalue weighted by atomic mass is 19.1. The summed E-state index contributed by atoms with van der Waals surface area (Å²) in [7, 11) is 0. The molecule has 9 rings (SSSR count). The molecule has 8 heterocycles. The molecule has 16 nitrogen and oxygen atoms in total. The Morgan fingerprint density at radius 3 is 2.36 bits per heavy atom. The lowest BCUT2D eigenvalue weighted by molar-refractivity contribution is -0.135. The highest BCUT2D eigenvalue weighted by Crippen LogP contribution is 2.36. The Kier molecular flexibility index (Phi) is 13.1. The van der Waals surface area contributed by atoms with Gasteiger partial charge in [0.1, 0.15) is 23.7 Å². The van der Waals surface area contributed by atoms with Crippen LogP contribution in [0.5, 0.6) is 0 Å². The fourth-order valence-corrected chi connectivity index (χ4v) is 10.2. The molecular weight excluding hydrogens is 852 g/mol. The molecule has 0 saturated carbocycles. The molecule has 1 aromatic carbocycles. The van der Waals surface area contributed by atoms with Crippen molar-refractivity contribution in [3.8, 4) is 28.3 Å². The number of likely N-dealkylation sites (tertiary alicyclic amines) is 2. The van der Waals surface area contributed by atoms with Gasteiger partial charge in [0.25, 0.3) is 0 Å². The summed E-state index contributed by atoms with van der Waals surface area (Å²) >= 11 is 0. The first-order valence-electron chi connectivity index (χ1n) is 23.8. The van der Waals surface area contributed by atoms with Crippen LogP contribution in [0.2, 0.25) is 0 Å². The standard InChI is InChI=1S/C50H59FN12O4/c1-4-50(58-48(66)32(2)3)15-21-60(22-16-50)44-9-5-34(26-53-44)41-23-35(29-63-47(41)36(25-52)27-55-63)37-28-54-62(30-37)39-13-19-61(20-14-39)46(65)31-59-17-11-33(12-18-59)40-7-6-38(24-42(40)51)56-43-8-10-45(64)57-49(43)67/h5-7,9,23-24,26-30,32-33,39,43,56H,4,8,10-22,31H2,1-3H3,(H,58,66)(H,57,64,67). The van der Waals surface area contributed by atoms with Crippen LogP contribution in [-0.4, -0.2) is 115 Å². The maximum atomic E-state index is 15.3. The van der Waals surface area contributed by atoms with Crippen molar-refractivity contribution in [2.24, 2.45) is 5.92 Å². The summed E-state index contributed by atoms with van der Waals surface area (Å²) in [6.45, 7) is 10.6. The predicted molar refractivity (Wildman–Crippen MR) is 251 cm³/mol. The summed E-state index contributed by atoms with van der Waals surface area (Å²) in [4.78, 5) is 61.0. The van der Waals surface area contributed by atoms with Gasteiger partial charge in [-0.15, -0.1) is 0 Å². The van der Waals surface area contributed by atoms with Gasteiger partial charge in [-0.2, -0.15) is 15.5 Å². The first-order valence-corrected chi connectivity index (χ1v) is 23.8. The summed E-state index contributed by atoms with van der Waals surface area (Å²) in [6.07, 6.45) is 15.5. The lowest BCUT2D eigenvalue weighted by Gasteiger charge is -2.42. The number of hydrogen-bond acceptors (Lipinski definition) is 11. The maximum Gasteiger partial charge on any atom is 0.249 e. The second-order valence-corrected chi connectivity index (χ2v) is 19.0. The molecule has 1 unspecified atom stereocenters. The van der Waals surface area contributed by atoms with Crippen LogP contribution in [0.4, 0.5) is 15.9 Å². The molecule has 4 aliphatic heterocycles. The molecule has 17 heteroatoms. The van der Waals surface area contributed by atoms with E-state index in [9.17, 15) is 24.4 Å². The number of fused-ring (bicyclic) bond motifs is 1. The number of imide groups is 1. The number of rotatable bonds is 12. The molecular formula is C50H59FN12O4. The van der Waals surface area contributed by atoms with Crippen LogP contribution in [-0.2, 0) is 19.2 Å². The number of piperidine rings is 4. The number of nitrogens with zero attached hydrogens (tertiary/aromatic N) is 9. The molecule has 1 atom stereocenters. The molecule has 350 valence electrons. The van der Waals surface area contributed by atoms with Crippen molar-refractivity contribution in [2.45, 2.75) is 102 Å². The van der Waals surface area contributed by atoms with Gasteiger partial charge in [0.05, 0.1) is 36.1 Å². The quantitative estimate of drug-likeness (QED) is 0.124. The van der Waals surface area contributed by atoms with E-state index < -0.39 is 11.9 Å². The van der Waals surface area contributed by atoms with Crippen molar-refractivity contribution in [3.05, 3.63) is 84.3 Å². The van der Waals surface area contributed by atoms with E-state index in [4.69, 9.17) is 10.1 Å². The first kappa shape index (κ1) is 45.5. The van der Waals surface area contributed by atoms with Crippen LogP contribution in [0.3, 0.4) is 0 Å². The SMILES string of the molecule is CCC1(NC(=O)C(C)C)CCN(c2ccc(-c3cc(-c4cnn(C5CCN(C(=O)CN6CCC(c7ccc(NC8CCC(=O)NC8=O)cc7F)CC6)CC5)c4)cn4ncc(C#N)c34)cn2)CC1. The van der Waals surface area contributed by atoms with Crippen LogP contribution >= 0.6 is 0 Å². The van der Waals surface area contributed by atoms with Gasteiger partial charge in [-0.1, -0.05) is 26.8 Å². The molecule has 0 spiro atoms. The molecule has 0 radical (unpaired) electrons. The van der Waals surface area contributed by atoms with Gasteiger partial charge in [0, 0.05) is 90.6 Å². The summed E-state index contributed by atoms with van der Waals surface area (Å²) < 4.78 is 19.1. The molecule has 0 aliphatic carbocycles. The molecule has 5 aromatic rings. The lowest BCUT2D eigenvalue weighted by atomic mass is 9.84. The number of anilines is 2. The Balaban J connectivity index is 0.787. The van der Waals surface area contributed by atoms with Gasteiger partial charge >= 0.3 is 0 Å². The number of benzene rings is 1. The molecule has 4 fully saturated rings. The van der Waals surface area contributed by atoms with Crippen molar-refractivity contribution in [1.82, 2.24) is 44.8 Å². The summed E-state index contributed by atoms with van der Waals surface area (Å²) in [5, 5.41) is 28.0. The topological polar surface area (TPSA) is 186 Å². The molecule has 4 aromatic heterocycles. The number of halogens is 1. The van der Waals surface area contributed by atoms with Crippen LogP contribution < -0.4 is 20.9 Å². The molecule has 4 saturated heterocycles. The second kappa shape index (κ2) is 19.3. The van der Waals surface area contributed by atoms with Crippen molar-refractivity contribution in [3.63, 3.8) is 0 Å². The number of amides is 4. The Hall–Kier alpha value is -6.67. The minimum atomic E-state index is -0.574. The highest BCUT2D eigenvalue weighted by Gasteiger charge is 2.36. The highest BCUT2D eigenvalue weighted by molar-refractivity contribution is 6.01. The maximum absolute atomic E-state index is 15.3. The average molecular weight is 911 g/mol. The minimum Gasteiger partial charge on any atom is -0.374 e. The van der Waals surface area contributed by atoms with Crippen LogP contribution in [0.1, 0.15) is 102 Å². The Labute approximate surface area is 389 Å². The minimum absolute atomic E-state index is 0.0398. The zero-order valence-electron chi connectivity index (χ0n) is 38.5. The van der Waals surface area contributed by atoms with Gasteiger partial charge in [0.15, 0.2) is 0 Å². The van der Waals surface area contributed by atoms with Gasteiger partial charge in [-0.3, -0.25) is 34.1 Å². The third-order valence-electron chi connectivity index (χ3n) is 14.5. The second-order valence-electron chi connectivity index (χ2n) is 19.0. The number of carbonyl (C=O) groups excluding carboxylic acids is 4. The monoisotopic (exact) mass is 910 g/mol. The smallest absolute Gasteiger partial charge is 0.249 e. The Morgan fingerprint density at radius 1 is 0.910 bits per heavy atom. The summed E-state index contributed by atoms with van der Waals surface area (Å²) in [6, 6.07) is 13.0. The summed E-state index contributed by atoms with van der Waals surface area (Å²) in [5.74, 6) is 0.0536. The number of carbonyl (C=O) groups is 4. The molecule has 3 N–H and O–H groups in total. The van der Waals surface area contributed by atoms with Crippen LogP contribution in [0.25, 0.3) is 27.8 Å². The number of pyridine rings is 2. The predicted octanol–water partition coefficient (Wildman–Crippen LogP) is 6.05. The van der Waals surface area contributed by atoms with E-state index in [0.29, 0.717) is 61.5 Å². The molecule has 4 amide bonds. The van der Waals surface area contributed by atoms with E-state index in [1.165, 1.54) is 6.07 Å². The average Bonchev–Trinajstić information content (AvgIpc) is 4.01. The van der Waals surface area contributed by atoms with Gasteiger partial charge in [-0.25, -0.2) is 13.9 Å². The van der Waals surface area contributed by atoms with Crippen LogP contribution in [0, 0.1) is 23.1 Å². The fraction of sp³-hybridized carbons (Fsp3) is 0.480. The summed E-state index contributed by atoms with van der Waals surface area (Å²) in [5.41, 5.74) is 5.67. The number of nitrogens with one attached hydrogen (secondary N) is 3. The van der Waals surface area contributed by atoms with Gasteiger partial charge in [-0.05, 0) is 106 Å². The lowest BCUT2D eigenvalue weighted by Crippen LogP contribution is -2.56. The van der Waals surface area contributed by atoms with E-state index in [0.717, 1.165) is 86.1 Å². The zero-order valence-corrected chi connectivity index (χ0v) is 38.5. The first-order chi connectivity index (χ1) is 32.4. The van der Waals surface area contributed by atoms with E-state index >= 15 is 4.39 Å². The van der Waals surface area contributed by atoms with Gasteiger partial charge in [0.2, 0.25) is 23.6 Å². The fourth-order valence-electron chi connectivity index (χ4n) is 10.2. The van der Waals surface area contributed by atoms with Crippen LogP contribution in [0.15, 0.2) is 67.4 Å². The molecule has 67 heavy (non-hydrogen) atoms. The van der Waals surface area contributed by atoms with Gasteiger partial charge < -0.3 is 20.4 Å².